The molecule has 2 heterocycles. The third kappa shape index (κ3) is 6.50. The van der Waals surface area contributed by atoms with E-state index in [1.54, 1.807) is 0 Å². The van der Waals surface area contributed by atoms with Gasteiger partial charge in [0.25, 0.3) is 0 Å². The molecule has 3 aromatic carbocycles. The number of nitrogens with zero attached hydrogens (tertiary/aromatic N) is 2. The fraction of sp³-hybridized carbons (Fsp3) is 0.243. The molecule has 0 N–H and O–H groups in total. The fourth-order valence-corrected chi connectivity index (χ4v) is 7.91. The van der Waals surface area contributed by atoms with E-state index in [1.165, 1.54) is 32.6 Å². The molecule has 0 bridgehead atoms. The molecule has 6 rings (SSSR count). The molecule has 2 aromatic heterocycles. The third-order valence-electron chi connectivity index (χ3n) is 8.00. The van der Waals surface area contributed by atoms with Crippen LogP contribution >= 0.6 is 0 Å². The van der Waals surface area contributed by atoms with Gasteiger partial charge in [0.15, 0.2) is 0 Å². The Hall–Kier alpha value is -2.96. The summed E-state index contributed by atoms with van der Waals surface area (Å²) in [5, 5.41) is 2.92. The van der Waals surface area contributed by atoms with Crippen LogP contribution in [0.3, 0.4) is 0 Å². The molecule has 0 unspecified atom stereocenters. The van der Waals surface area contributed by atoms with E-state index in [9.17, 15) is 0 Å². The summed E-state index contributed by atoms with van der Waals surface area (Å²) >= 11 is 0. The number of hydrogen-bond donors (Lipinski definition) is 0. The van der Waals surface area contributed by atoms with E-state index < -0.39 is 16.1 Å². The molecule has 0 aliphatic heterocycles. The van der Waals surface area contributed by atoms with Gasteiger partial charge in [-0.05, 0) is 40.1 Å². The second-order valence-corrected chi connectivity index (χ2v) is 23.6. The van der Waals surface area contributed by atoms with E-state index in [4.69, 9.17) is 0 Å². The Bertz CT molecular complexity index is 1630. The Kier molecular flexibility index (Phi) is 9.39. The average molecular weight is 761 g/mol. The largest absolute Gasteiger partial charge is 0.305 e. The molecule has 0 fully saturated rings. The van der Waals surface area contributed by atoms with Crippen molar-refractivity contribution in [1.29, 1.82) is 0 Å². The van der Waals surface area contributed by atoms with Gasteiger partial charge < -0.3 is 9.97 Å². The van der Waals surface area contributed by atoms with Crippen LogP contribution in [0.1, 0.15) is 25.0 Å². The van der Waals surface area contributed by atoms with Gasteiger partial charge in [0.1, 0.15) is 0 Å². The van der Waals surface area contributed by atoms with Crippen molar-refractivity contribution in [1.82, 2.24) is 9.97 Å². The first-order valence-electron chi connectivity index (χ1n) is 14.4. The monoisotopic (exact) mass is 761 g/mol. The number of fused-ring (bicyclic) bond motifs is 3. The molecule has 5 aromatic rings. The van der Waals surface area contributed by atoms with E-state index in [1.807, 2.05) is 36.7 Å². The molecular formula is C37H40IrN2Si2-2. The van der Waals surface area contributed by atoms with E-state index >= 15 is 0 Å². The SMILES string of the molecule is CC1(C)c2ccccc2-c2cc[c-]c(-c3ccccn3)c21.C[Si](C)(C)c1cc[c-]c(-c2cc([Si](C)(C)C)ccn2)c1.[Ir]. The van der Waals surface area contributed by atoms with Crippen molar-refractivity contribution in [2.45, 2.75) is 58.5 Å². The molecule has 2 nitrogen and oxygen atoms in total. The minimum absolute atomic E-state index is 0. The minimum atomic E-state index is -1.29. The summed E-state index contributed by atoms with van der Waals surface area (Å²) < 4.78 is 0. The van der Waals surface area contributed by atoms with Crippen molar-refractivity contribution >= 4 is 26.5 Å². The van der Waals surface area contributed by atoms with Crippen molar-refractivity contribution in [2.75, 3.05) is 0 Å². The number of benzene rings is 3. The Morgan fingerprint density at radius 3 is 1.95 bits per heavy atom. The van der Waals surface area contributed by atoms with E-state index in [0.29, 0.717) is 0 Å². The molecule has 1 radical (unpaired) electrons. The van der Waals surface area contributed by atoms with Gasteiger partial charge in [0.2, 0.25) is 0 Å². The Balaban J connectivity index is 0.000000189. The third-order valence-corrected chi connectivity index (χ3v) is 12.1. The van der Waals surface area contributed by atoms with Gasteiger partial charge in [-0.25, -0.2) is 0 Å². The quantitative estimate of drug-likeness (QED) is 0.136. The van der Waals surface area contributed by atoms with Crippen LogP contribution in [0.15, 0.2) is 97.3 Å². The first-order chi connectivity index (χ1) is 19.4. The predicted octanol–water partition coefficient (Wildman–Crippen LogP) is 8.49. The maximum atomic E-state index is 4.55. The van der Waals surface area contributed by atoms with E-state index in [-0.39, 0.29) is 25.5 Å². The molecular weight excluding hydrogens is 721 g/mol. The fourth-order valence-electron chi connectivity index (χ4n) is 5.61. The molecule has 217 valence electrons. The molecule has 1 aliphatic carbocycles. The summed E-state index contributed by atoms with van der Waals surface area (Å²) in [5.41, 5.74) is 9.66. The molecule has 42 heavy (non-hydrogen) atoms. The first-order valence-corrected chi connectivity index (χ1v) is 21.4. The van der Waals surface area contributed by atoms with Crippen molar-refractivity contribution in [3.63, 3.8) is 0 Å². The predicted molar refractivity (Wildman–Crippen MR) is 181 cm³/mol. The second kappa shape index (κ2) is 12.3. The maximum Gasteiger partial charge on any atom is 0.0767 e. The molecule has 0 atom stereocenters. The molecule has 0 saturated heterocycles. The van der Waals surface area contributed by atoms with Crippen LogP contribution in [-0.4, -0.2) is 26.1 Å². The van der Waals surface area contributed by atoms with Crippen LogP contribution in [-0.2, 0) is 25.5 Å². The van der Waals surface area contributed by atoms with Gasteiger partial charge in [-0.15, -0.1) is 64.3 Å². The van der Waals surface area contributed by atoms with Crippen molar-refractivity contribution < 1.29 is 20.1 Å². The number of hydrogen-bond acceptors (Lipinski definition) is 2. The topological polar surface area (TPSA) is 25.8 Å². The van der Waals surface area contributed by atoms with E-state index in [0.717, 1.165) is 22.5 Å². The Morgan fingerprint density at radius 2 is 1.26 bits per heavy atom. The van der Waals surface area contributed by atoms with Gasteiger partial charge in [0, 0.05) is 32.5 Å². The smallest absolute Gasteiger partial charge is 0.0767 e. The van der Waals surface area contributed by atoms with Crippen molar-refractivity contribution in [3.05, 3.63) is 121 Å². The van der Waals surface area contributed by atoms with Crippen LogP contribution in [0.4, 0.5) is 0 Å². The van der Waals surface area contributed by atoms with Gasteiger partial charge in [-0.1, -0.05) is 106 Å². The Labute approximate surface area is 268 Å². The summed E-state index contributed by atoms with van der Waals surface area (Å²) in [6.45, 7) is 18.8. The van der Waals surface area contributed by atoms with Crippen LogP contribution < -0.4 is 10.4 Å². The normalized spacial score (nSPS) is 13.2. The zero-order valence-electron chi connectivity index (χ0n) is 26.0. The first kappa shape index (κ1) is 32.0. The number of rotatable bonds is 4. The minimum Gasteiger partial charge on any atom is -0.305 e. The van der Waals surface area contributed by atoms with E-state index in [2.05, 4.69) is 136 Å². The van der Waals surface area contributed by atoms with Crippen LogP contribution in [0, 0.1) is 12.1 Å². The summed E-state index contributed by atoms with van der Waals surface area (Å²) in [5.74, 6) is 0. The molecule has 1 aliphatic rings. The molecule has 0 spiro atoms. The van der Waals surface area contributed by atoms with Crippen LogP contribution in [0.5, 0.6) is 0 Å². The standard InChI is InChI=1S/C20H16N.C17H24NSi2.Ir/c1-20(2)17-11-4-3-8-14(17)15-9-7-10-16(19(15)20)18-12-5-6-13-21-18;1-19(2,3)15-9-7-8-14(12-15)17-13-16(10-11-18-17)20(4,5)6;/h3-9,11-13H,1-2H3;7,9-13H,1-6H3;/q2*-1;. The Morgan fingerprint density at radius 1 is 0.619 bits per heavy atom. The van der Waals surface area contributed by atoms with Gasteiger partial charge in [0.05, 0.1) is 16.1 Å². The van der Waals surface area contributed by atoms with Gasteiger partial charge in [-0.2, -0.15) is 0 Å². The molecule has 0 saturated carbocycles. The summed E-state index contributed by atoms with van der Waals surface area (Å²) in [6, 6.07) is 36.6. The van der Waals surface area contributed by atoms with Crippen LogP contribution in [0.2, 0.25) is 39.3 Å². The van der Waals surface area contributed by atoms with Crippen molar-refractivity contribution in [3.8, 4) is 33.6 Å². The van der Waals surface area contributed by atoms with Crippen LogP contribution in [0.25, 0.3) is 33.6 Å². The van der Waals surface area contributed by atoms with Gasteiger partial charge >= 0.3 is 0 Å². The molecule has 5 heteroatoms. The summed E-state index contributed by atoms with van der Waals surface area (Å²) in [4.78, 5) is 9.08. The average Bonchev–Trinajstić information content (AvgIpc) is 3.20. The summed E-state index contributed by atoms with van der Waals surface area (Å²) in [7, 11) is -2.58. The zero-order chi connectivity index (χ0) is 29.4. The maximum absolute atomic E-state index is 4.55. The number of aromatic nitrogens is 2. The van der Waals surface area contributed by atoms with Crippen molar-refractivity contribution in [2.24, 2.45) is 0 Å². The second-order valence-electron chi connectivity index (χ2n) is 13.4. The zero-order valence-corrected chi connectivity index (χ0v) is 30.4. The molecule has 0 amide bonds. The summed E-state index contributed by atoms with van der Waals surface area (Å²) in [6.07, 6.45) is 3.79. The number of pyridine rings is 2. The van der Waals surface area contributed by atoms with Gasteiger partial charge in [-0.3, -0.25) is 0 Å².